The number of benzene rings is 1. The molecule has 2 aromatic rings. The Kier molecular flexibility index (Phi) is 3.78. The maximum absolute atomic E-state index is 12.2. The van der Waals surface area contributed by atoms with Crippen LogP contribution in [-0.2, 0) is 0 Å². The highest BCUT2D eigenvalue weighted by molar-refractivity contribution is 7.14. The summed E-state index contributed by atoms with van der Waals surface area (Å²) in [6.45, 7) is 0.252. The van der Waals surface area contributed by atoms with Crippen LogP contribution in [0.3, 0.4) is 0 Å². The van der Waals surface area contributed by atoms with E-state index in [0.29, 0.717) is 22.6 Å². The fraction of sp³-hybridized carbons (Fsp3) is 0.375. The summed E-state index contributed by atoms with van der Waals surface area (Å²) in [6, 6.07) is 5.91. The van der Waals surface area contributed by atoms with Gasteiger partial charge in [0.2, 0.25) is 6.79 Å². The Morgan fingerprint density at radius 2 is 2.04 bits per heavy atom. The van der Waals surface area contributed by atoms with Crippen molar-refractivity contribution in [1.29, 1.82) is 0 Å². The molecule has 1 aliphatic carbocycles. The van der Waals surface area contributed by atoms with Crippen molar-refractivity contribution in [3.05, 3.63) is 29.3 Å². The predicted octanol–water partition coefficient (Wildman–Crippen LogP) is 3.29. The number of amides is 1. The van der Waals surface area contributed by atoms with Gasteiger partial charge in [-0.05, 0) is 25.0 Å². The van der Waals surface area contributed by atoms with Gasteiger partial charge in [0.05, 0.1) is 0 Å². The minimum Gasteiger partial charge on any atom is -0.454 e. The van der Waals surface area contributed by atoms with Crippen LogP contribution in [0.15, 0.2) is 23.6 Å². The predicted molar refractivity (Wildman–Crippen MR) is 87.7 cm³/mol. The lowest BCUT2D eigenvalue weighted by atomic mass is 10.2. The number of thiazole rings is 1. The lowest BCUT2D eigenvalue weighted by Crippen LogP contribution is -2.32. The van der Waals surface area contributed by atoms with Crippen molar-refractivity contribution in [2.45, 2.75) is 31.7 Å². The van der Waals surface area contributed by atoms with Gasteiger partial charge in [0.1, 0.15) is 5.69 Å². The van der Waals surface area contributed by atoms with E-state index in [0.717, 1.165) is 24.3 Å². The number of anilines is 2. The summed E-state index contributed by atoms with van der Waals surface area (Å²) in [7, 11) is 0. The van der Waals surface area contributed by atoms with Crippen LogP contribution < -0.4 is 20.1 Å². The van der Waals surface area contributed by atoms with E-state index in [1.807, 2.05) is 18.2 Å². The topological polar surface area (TPSA) is 72.5 Å². The van der Waals surface area contributed by atoms with Gasteiger partial charge in [-0.3, -0.25) is 4.79 Å². The number of hydrogen-bond acceptors (Lipinski definition) is 6. The molecule has 0 unspecified atom stereocenters. The van der Waals surface area contributed by atoms with E-state index in [2.05, 4.69) is 15.6 Å². The van der Waals surface area contributed by atoms with E-state index in [1.165, 1.54) is 24.2 Å². The Hall–Kier alpha value is -2.28. The van der Waals surface area contributed by atoms with Crippen LogP contribution in [0.25, 0.3) is 0 Å². The first kappa shape index (κ1) is 14.3. The molecule has 0 radical (unpaired) electrons. The number of carbonyl (C=O) groups is 1. The van der Waals surface area contributed by atoms with Gasteiger partial charge in [-0.15, -0.1) is 11.3 Å². The summed E-state index contributed by atoms with van der Waals surface area (Å²) in [5, 5.41) is 8.70. The Balaban J connectivity index is 1.42. The Labute approximate surface area is 137 Å². The van der Waals surface area contributed by atoms with Crippen molar-refractivity contribution in [1.82, 2.24) is 10.3 Å². The van der Waals surface area contributed by atoms with Crippen LogP contribution in [0.5, 0.6) is 11.5 Å². The Morgan fingerprint density at radius 3 is 2.91 bits per heavy atom. The molecular formula is C16H17N3O3S. The number of ether oxygens (including phenoxy) is 2. The van der Waals surface area contributed by atoms with Crippen molar-refractivity contribution < 1.29 is 14.3 Å². The monoisotopic (exact) mass is 331 g/mol. The lowest BCUT2D eigenvalue weighted by Gasteiger charge is -2.09. The summed E-state index contributed by atoms with van der Waals surface area (Å²) in [6.07, 6.45) is 4.52. The molecule has 0 spiro atoms. The van der Waals surface area contributed by atoms with Gasteiger partial charge in [-0.25, -0.2) is 4.98 Å². The molecule has 1 aromatic carbocycles. The number of nitrogens with one attached hydrogen (secondary N) is 2. The minimum absolute atomic E-state index is 0.0908. The molecular weight excluding hydrogens is 314 g/mol. The molecule has 4 rings (SSSR count). The summed E-state index contributed by atoms with van der Waals surface area (Å²) in [4.78, 5) is 16.6. The van der Waals surface area contributed by atoms with Crippen molar-refractivity contribution in [2.24, 2.45) is 0 Å². The fourth-order valence-corrected chi connectivity index (χ4v) is 3.57. The maximum Gasteiger partial charge on any atom is 0.271 e. The number of hydrogen-bond donors (Lipinski definition) is 2. The van der Waals surface area contributed by atoms with E-state index in [1.54, 1.807) is 5.38 Å². The maximum atomic E-state index is 12.2. The smallest absolute Gasteiger partial charge is 0.271 e. The summed E-state index contributed by atoms with van der Waals surface area (Å²) in [5.41, 5.74) is 1.32. The van der Waals surface area contributed by atoms with Gasteiger partial charge in [0.15, 0.2) is 16.6 Å². The minimum atomic E-state index is -0.0908. The largest absolute Gasteiger partial charge is 0.454 e. The van der Waals surface area contributed by atoms with Crippen LogP contribution in [0.4, 0.5) is 10.8 Å². The first-order valence-corrected chi connectivity index (χ1v) is 8.59. The second-order valence-corrected chi connectivity index (χ2v) is 6.54. The third kappa shape index (κ3) is 3.10. The van der Waals surface area contributed by atoms with E-state index in [9.17, 15) is 4.79 Å². The second kappa shape index (κ2) is 6.08. The highest BCUT2D eigenvalue weighted by Crippen LogP contribution is 2.35. The molecule has 0 atom stereocenters. The molecule has 1 fully saturated rings. The average Bonchev–Trinajstić information content (AvgIpc) is 3.27. The molecule has 1 aromatic heterocycles. The van der Waals surface area contributed by atoms with Crippen molar-refractivity contribution in [3.8, 4) is 11.5 Å². The summed E-state index contributed by atoms with van der Waals surface area (Å²) < 4.78 is 10.6. The molecule has 2 heterocycles. The standard InChI is InChI=1S/C16H17N3O3S/c20-15(17-10-3-1-2-4-10)12-8-23-16(19-12)18-11-5-6-13-14(7-11)22-9-21-13/h5-8,10H,1-4,9H2,(H,17,20)(H,18,19). The molecule has 1 aliphatic heterocycles. The first-order valence-electron chi connectivity index (χ1n) is 7.71. The fourth-order valence-electron chi connectivity index (χ4n) is 2.86. The normalized spacial score (nSPS) is 16.5. The van der Waals surface area contributed by atoms with Crippen LogP contribution in [-0.4, -0.2) is 23.7 Å². The van der Waals surface area contributed by atoms with Crippen molar-refractivity contribution >= 4 is 28.1 Å². The highest BCUT2D eigenvalue weighted by atomic mass is 32.1. The quantitative estimate of drug-likeness (QED) is 0.899. The number of nitrogens with zero attached hydrogens (tertiary/aromatic N) is 1. The van der Waals surface area contributed by atoms with Crippen LogP contribution in [0.1, 0.15) is 36.2 Å². The molecule has 1 saturated carbocycles. The number of rotatable bonds is 4. The van der Waals surface area contributed by atoms with Crippen LogP contribution in [0, 0.1) is 0 Å². The van der Waals surface area contributed by atoms with E-state index in [-0.39, 0.29) is 12.7 Å². The summed E-state index contributed by atoms with van der Waals surface area (Å²) >= 11 is 1.41. The van der Waals surface area contributed by atoms with Gasteiger partial charge >= 0.3 is 0 Å². The first-order chi connectivity index (χ1) is 11.3. The molecule has 0 bridgehead atoms. The zero-order valence-electron chi connectivity index (χ0n) is 12.5. The van der Waals surface area contributed by atoms with Crippen molar-refractivity contribution in [2.75, 3.05) is 12.1 Å². The summed E-state index contributed by atoms with van der Waals surface area (Å²) in [5.74, 6) is 1.36. The van der Waals surface area contributed by atoms with Crippen LogP contribution in [0.2, 0.25) is 0 Å². The molecule has 23 heavy (non-hydrogen) atoms. The zero-order chi connectivity index (χ0) is 15.6. The highest BCUT2D eigenvalue weighted by Gasteiger charge is 2.20. The SMILES string of the molecule is O=C(NC1CCCC1)c1csc(Nc2ccc3c(c2)OCO3)n1. The molecule has 2 aliphatic rings. The van der Waals surface area contributed by atoms with Gasteiger partial charge in [0, 0.05) is 23.2 Å². The lowest BCUT2D eigenvalue weighted by molar-refractivity contribution is 0.0933. The third-order valence-electron chi connectivity index (χ3n) is 4.05. The van der Waals surface area contributed by atoms with Gasteiger partial charge in [0.25, 0.3) is 5.91 Å². The average molecular weight is 331 g/mol. The third-order valence-corrected chi connectivity index (χ3v) is 4.81. The second-order valence-electron chi connectivity index (χ2n) is 5.69. The van der Waals surface area contributed by atoms with Gasteiger partial charge in [-0.1, -0.05) is 12.8 Å². The number of aromatic nitrogens is 1. The van der Waals surface area contributed by atoms with Gasteiger partial charge < -0.3 is 20.1 Å². The zero-order valence-corrected chi connectivity index (χ0v) is 13.3. The molecule has 6 nitrogen and oxygen atoms in total. The number of carbonyl (C=O) groups excluding carboxylic acids is 1. The number of fused-ring (bicyclic) bond motifs is 1. The van der Waals surface area contributed by atoms with E-state index in [4.69, 9.17) is 9.47 Å². The Morgan fingerprint density at radius 1 is 1.22 bits per heavy atom. The van der Waals surface area contributed by atoms with Crippen LogP contribution >= 0.6 is 11.3 Å². The molecule has 1 amide bonds. The molecule has 2 N–H and O–H groups in total. The van der Waals surface area contributed by atoms with E-state index >= 15 is 0 Å². The van der Waals surface area contributed by atoms with Crippen molar-refractivity contribution in [3.63, 3.8) is 0 Å². The van der Waals surface area contributed by atoms with E-state index < -0.39 is 0 Å². The molecule has 7 heteroatoms. The van der Waals surface area contributed by atoms with Gasteiger partial charge in [-0.2, -0.15) is 0 Å². The molecule has 120 valence electrons. The molecule has 0 saturated heterocycles. The Bertz CT molecular complexity index is 725.